The third-order valence-electron chi connectivity index (χ3n) is 2.31. The fourth-order valence-corrected chi connectivity index (χ4v) is 2.37. The van der Waals surface area contributed by atoms with E-state index in [1.165, 1.54) is 16.7 Å². The van der Waals surface area contributed by atoms with Crippen molar-refractivity contribution in [3.63, 3.8) is 0 Å². The van der Waals surface area contributed by atoms with Gasteiger partial charge in [-0.15, -0.1) is 6.58 Å². The molecule has 0 amide bonds. The summed E-state index contributed by atoms with van der Waals surface area (Å²) < 4.78 is 1.17. The van der Waals surface area contributed by atoms with Gasteiger partial charge in [-0.05, 0) is 5.56 Å². The first-order chi connectivity index (χ1) is 8.22. The average Bonchev–Trinajstić information content (AvgIpc) is 2.35. The minimum atomic E-state index is -0.285. The Morgan fingerprint density at radius 1 is 1.24 bits per heavy atom. The van der Waals surface area contributed by atoms with Crippen LogP contribution in [-0.2, 0) is 6.54 Å². The largest absolute Gasteiger partial charge is 0.310 e. The van der Waals surface area contributed by atoms with Gasteiger partial charge in [0.05, 0.1) is 0 Å². The standard InChI is InChI=1S/C13H11NO2S/c1-2-8-14-12(15)9-11(17-13(14)16)10-6-4-3-5-7-10/h2-7,9H,1,8H2. The molecule has 0 bridgehead atoms. The van der Waals surface area contributed by atoms with Gasteiger partial charge >= 0.3 is 4.87 Å². The van der Waals surface area contributed by atoms with Gasteiger partial charge in [-0.3, -0.25) is 14.2 Å². The molecule has 2 rings (SSSR count). The second kappa shape index (κ2) is 4.93. The van der Waals surface area contributed by atoms with Gasteiger partial charge in [0.15, 0.2) is 0 Å². The highest BCUT2D eigenvalue weighted by atomic mass is 32.1. The van der Waals surface area contributed by atoms with Crippen LogP contribution in [0, 0.1) is 0 Å². The number of hydrogen-bond donors (Lipinski definition) is 0. The molecule has 2 aromatic rings. The predicted molar refractivity (Wildman–Crippen MR) is 70.5 cm³/mol. The molecular weight excluding hydrogens is 234 g/mol. The Morgan fingerprint density at radius 3 is 2.53 bits per heavy atom. The molecule has 4 heteroatoms. The Labute approximate surface area is 102 Å². The summed E-state index contributed by atoms with van der Waals surface area (Å²) in [5.41, 5.74) is 0.602. The zero-order valence-electron chi connectivity index (χ0n) is 9.13. The smallest absolute Gasteiger partial charge is 0.269 e. The van der Waals surface area contributed by atoms with Crippen molar-refractivity contribution in [1.29, 1.82) is 0 Å². The number of rotatable bonds is 3. The van der Waals surface area contributed by atoms with Gasteiger partial charge in [0.2, 0.25) is 0 Å². The lowest BCUT2D eigenvalue weighted by Crippen LogP contribution is -2.29. The van der Waals surface area contributed by atoms with Crippen molar-refractivity contribution in [2.24, 2.45) is 0 Å². The van der Waals surface area contributed by atoms with Crippen molar-refractivity contribution in [2.45, 2.75) is 6.54 Å². The molecular formula is C13H11NO2S. The van der Waals surface area contributed by atoms with E-state index in [1.807, 2.05) is 30.3 Å². The number of hydrogen-bond acceptors (Lipinski definition) is 3. The Morgan fingerprint density at radius 2 is 1.94 bits per heavy atom. The maximum absolute atomic E-state index is 11.8. The van der Waals surface area contributed by atoms with E-state index < -0.39 is 0 Å². The van der Waals surface area contributed by atoms with Crippen molar-refractivity contribution in [3.8, 4) is 10.4 Å². The summed E-state index contributed by atoms with van der Waals surface area (Å²) in [7, 11) is 0. The maximum Gasteiger partial charge on any atom is 0.310 e. The predicted octanol–water partition coefficient (Wildman–Crippen LogP) is 2.12. The molecule has 0 saturated carbocycles. The summed E-state index contributed by atoms with van der Waals surface area (Å²) >= 11 is 1.07. The van der Waals surface area contributed by atoms with Crippen LogP contribution < -0.4 is 10.4 Å². The highest BCUT2D eigenvalue weighted by molar-refractivity contribution is 7.12. The van der Waals surface area contributed by atoms with Gasteiger partial charge in [-0.2, -0.15) is 0 Å². The van der Waals surface area contributed by atoms with Crippen LogP contribution in [0.5, 0.6) is 0 Å². The zero-order valence-corrected chi connectivity index (χ0v) is 9.94. The van der Waals surface area contributed by atoms with Crippen LogP contribution in [0.4, 0.5) is 0 Å². The summed E-state index contributed by atoms with van der Waals surface area (Å²) in [6.45, 7) is 3.78. The van der Waals surface area contributed by atoms with E-state index >= 15 is 0 Å². The van der Waals surface area contributed by atoms with Gasteiger partial charge in [0.25, 0.3) is 5.56 Å². The van der Waals surface area contributed by atoms with Crippen LogP contribution >= 0.6 is 11.3 Å². The lowest BCUT2D eigenvalue weighted by molar-refractivity contribution is 0.766. The third kappa shape index (κ3) is 2.42. The first kappa shape index (κ1) is 11.5. The molecule has 0 unspecified atom stereocenters. The number of aromatic nitrogens is 1. The van der Waals surface area contributed by atoms with Gasteiger partial charge < -0.3 is 0 Å². The second-order valence-electron chi connectivity index (χ2n) is 3.48. The molecule has 0 aliphatic carbocycles. The Bertz CT molecular complexity index is 609. The molecule has 0 fully saturated rings. The lowest BCUT2D eigenvalue weighted by atomic mass is 10.2. The summed E-state index contributed by atoms with van der Waals surface area (Å²) in [6, 6.07) is 10.9. The fraction of sp³-hybridized carbons (Fsp3) is 0.0769. The maximum atomic E-state index is 11.8. The average molecular weight is 245 g/mol. The highest BCUT2D eigenvalue weighted by Crippen LogP contribution is 2.18. The van der Waals surface area contributed by atoms with Crippen molar-refractivity contribution in [3.05, 3.63) is 69.1 Å². The fourth-order valence-electron chi connectivity index (χ4n) is 1.50. The number of benzene rings is 1. The summed E-state index contributed by atoms with van der Waals surface area (Å²) in [6.07, 6.45) is 1.54. The molecule has 0 N–H and O–H groups in total. The monoisotopic (exact) mass is 245 g/mol. The number of allylic oxidation sites excluding steroid dienone is 1. The SMILES string of the molecule is C=CCn1c(=O)cc(-c2ccccc2)sc1=O. The van der Waals surface area contributed by atoms with Crippen LogP contribution in [0.2, 0.25) is 0 Å². The van der Waals surface area contributed by atoms with Gasteiger partial charge in [-0.1, -0.05) is 47.7 Å². The van der Waals surface area contributed by atoms with E-state index in [1.54, 1.807) is 0 Å². The van der Waals surface area contributed by atoms with Crippen molar-refractivity contribution >= 4 is 11.3 Å². The molecule has 0 radical (unpaired) electrons. The molecule has 0 aliphatic heterocycles. The van der Waals surface area contributed by atoms with E-state index in [0.29, 0.717) is 4.88 Å². The van der Waals surface area contributed by atoms with Gasteiger partial charge in [0.1, 0.15) is 0 Å². The highest BCUT2D eigenvalue weighted by Gasteiger charge is 2.05. The third-order valence-corrected chi connectivity index (χ3v) is 3.28. The van der Waals surface area contributed by atoms with E-state index in [-0.39, 0.29) is 17.0 Å². The van der Waals surface area contributed by atoms with Crippen molar-refractivity contribution < 1.29 is 0 Å². The van der Waals surface area contributed by atoms with Crippen LogP contribution in [0.1, 0.15) is 0 Å². The van der Waals surface area contributed by atoms with E-state index in [2.05, 4.69) is 6.58 Å². The molecule has 1 aromatic heterocycles. The van der Waals surface area contributed by atoms with Crippen molar-refractivity contribution in [1.82, 2.24) is 4.57 Å². The molecule has 86 valence electrons. The summed E-state index contributed by atoms with van der Waals surface area (Å²) in [4.78, 5) is 23.9. The van der Waals surface area contributed by atoms with Gasteiger partial charge in [0, 0.05) is 17.5 Å². The molecule has 0 saturated heterocycles. The Hall–Kier alpha value is -1.94. The molecule has 1 aromatic carbocycles. The molecule has 1 heterocycles. The van der Waals surface area contributed by atoms with E-state index in [4.69, 9.17) is 0 Å². The quantitative estimate of drug-likeness (QED) is 0.777. The van der Waals surface area contributed by atoms with Crippen molar-refractivity contribution in [2.75, 3.05) is 0 Å². The Balaban J connectivity index is 2.57. The molecule has 0 atom stereocenters. The van der Waals surface area contributed by atoms with Gasteiger partial charge in [-0.25, -0.2) is 0 Å². The normalized spacial score (nSPS) is 10.1. The zero-order chi connectivity index (χ0) is 12.3. The lowest BCUT2D eigenvalue weighted by Gasteiger charge is -2.02. The van der Waals surface area contributed by atoms with E-state index in [0.717, 1.165) is 16.9 Å². The summed E-state index contributed by atoms with van der Waals surface area (Å²) in [5.74, 6) is 0. The number of nitrogens with zero attached hydrogens (tertiary/aromatic N) is 1. The molecule has 0 spiro atoms. The van der Waals surface area contributed by atoms with Crippen LogP contribution in [0.15, 0.2) is 58.6 Å². The first-order valence-corrected chi connectivity index (χ1v) is 5.95. The van der Waals surface area contributed by atoms with Crippen LogP contribution in [0.25, 0.3) is 10.4 Å². The minimum Gasteiger partial charge on any atom is -0.269 e. The topological polar surface area (TPSA) is 39.1 Å². The van der Waals surface area contributed by atoms with Crippen LogP contribution in [-0.4, -0.2) is 4.57 Å². The molecule has 0 aliphatic rings. The van der Waals surface area contributed by atoms with E-state index in [9.17, 15) is 9.59 Å². The van der Waals surface area contributed by atoms with Crippen LogP contribution in [0.3, 0.4) is 0 Å². The molecule has 17 heavy (non-hydrogen) atoms. The summed E-state index contributed by atoms with van der Waals surface area (Å²) in [5, 5.41) is 0. The Kier molecular flexibility index (Phi) is 3.35. The minimum absolute atomic E-state index is 0.253. The molecule has 3 nitrogen and oxygen atoms in total. The first-order valence-electron chi connectivity index (χ1n) is 5.13. The second-order valence-corrected chi connectivity index (χ2v) is 4.47.